The van der Waals surface area contributed by atoms with Gasteiger partial charge in [0.2, 0.25) is 0 Å². The summed E-state index contributed by atoms with van der Waals surface area (Å²) in [5.41, 5.74) is 9.24. The number of aromatic nitrogens is 5. The number of likely N-dealkylation sites (N-methyl/N-ethyl adjacent to an activating group) is 1. The van der Waals surface area contributed by atoms with Crippen LogP contribution in [0.1, 0.15) is 51.3 Å². The second-order valence-corrected chi connectivity index (χ2v) is 9.47. The number of nitrogens with one attached hydrogen (secondary N) is 1. The van der Waals surface area contributed by atoms with Crippen molar-refractivity contribution in [2.45, 2.75) is 45.4 Å². The summed E-state index contributed by atoms with van der Waals surface area (Å²) in [6.45, 7) is 7.36. The average molecular weight is 524 g/mol. The summed E-state index contributed by atoms with van der Waals surface area (Å²) in [5.74, 6) is 1.01. The number of nitrogens with zero attached hydrogens (tertiary/aromatic N) is 5. The van der Waals surface area contributed by atoms with Gasteiger partial charge in [0.25, 0.3) is 0 Å². The minimum Gasteiger partial charge on any atom is -0.495 e. The van der Waals surface area contributed by atoms with Crippen molar-refractivity contribution in [1.82, 2.24) is 29.5 Å². The van der Waals surface area contributed by atoms with Gasteiger partial charge in [0.05, 0.1) is 30.8 Å². The minimum atomic E-state index is -0.722. The molecule has 11 nitrogen and oxygen atoms in total. The van der Waals surface area contributed by atoms with Gasteiger partial charge in [-0.05, 0) is 50.9 Å². The first kappa shape index (κ1) is 27.3. The smallest absolute Gasteiger partial charge is 0.306 e. The van der Waals surface area contributed by atoms with Gasteiger partial charge in [-0.15, -0.1) is 0 Å². The number of H-pyrrole nitrogens is 1. The highest BCUT2D eigenvalue weighted by atomic mass is 16.5. The van der Waals surface area contributed by atoms with Gasteiger partial charge < -0.3 is 30.6 Å². The highest BCUT2D eigenvalue weighted by molar-refractivity contribution is 5.93. The Kier molecular flexibility index (Phi) is 8.80. The zero-order valence-corrected chi connectivity index (χ0v) is 22.2. The molecule has 3 aromatic heterocycles. The van der Waals surface area contributed by atoms with Crippen molar-refractivity contribution in [3.63, 3.8) is 0 Å². The van der Waals surface area contributed by atoms with Gasteiger partial charge in [-0.2, -0.15) is 5.10 Å². The second-order valence-electron chi connectivity index (χ2n) is 9.47. The lowest BCUT2D eigenvalue weighted by molar-refractivity contribution is -0.142. The molecule has 3 heterocycles. The third kappa shape index (κ3) is 5.58. The third-order valence-electron chi connectivity index (χ3n) is 7.33. The van der Waals surface area contributed by atoms with Crippen molar-refractivity contribution in [2.24, 2.45) is 5.92 Å². The number of nitrogen functional groups attached to an aromatic ring is 1. The Morgan fingerprint density at radius 2 is 1.97 bits per heavy atom. The van der Waals surface area contributed by atoms with Gasteiger partial charge in [-0.3, -0.25) is 4.79 Å². The first-order valence-corrected chi connectivity index (χ1v) is 13.1. The number of anilines is 1. The van der Waals surface area contributed by atoms with Crippen LogP contribution in [0, 0.1) is 5.92 Å². The SMILES string of the molecule is CCN(CC)CCO.COc1cccc2cc(-c3nc(C4CCC(C(=O)O)CC4)n4ncnc(N)c34)[nH]c12. The van der Waals surface area contributed by atoms with Gasteiger partial charge in [0, 0.05) is 17.8 Å². The molecule has 0 spiro atoms. The van der Waals surface area contributed by atoms with E-state index in [2.05, 4.69) is 33.8 Å². The average Bonchev–Trinajstić information content (AvgIpc) is 3.55. The molecule has 0 atom stereocenters. The van der Waals surface area contributed by atoms with Crippen LogP contribution < -0.4 is 10.5 Å². The minimum absolute atomic E-state index is 0.120. The van der Waals surface area contributed by atoms with Crippen LogP contribution in [-0.2, 0) is 4.79 Å². The number of rotatable bonds is 8. The first-order valence-electron chi connectivity index (χ1n) is 13.1. The number of hydrogen-bond acceptors (Lipinski definition) is 8. The zero-order chi connectivity index (χ0) is 27.2. The molecule has 0 saturated heterocycles. The maximum Gasteiger partial charge on any atom is 0.306 e. The number of hydrogen-bond donors (Lipinski definition) is 4. The number of aliphatic hydroxyl groups excluding tert-OH is 1. The predicted octanol–water partition coefficient (Wildman–Crippen LogP) is 3.54. The molecule has 204 valence electrons. The van der Waals surface area contributed by atoms with Crippen LogP contribution in [-0.4, -0.2) is 79.0 Å². The molecule has 0 bridgehead atoms. The summed E-state index contributed by atoms with van der Waals surface area (Å²) in [5, 5.41) is 23.2. The van der Waals surface area contributed by atoms with Crippen LogP contribution in [0.2, 0.25) is 0 Å². The number of nitrogens with two attached hydrogens (primary N) is 1. The normalized spacial score (nSPS) is 17.5. The summed E-state index contributed by atoms with van der Waals surface area (Å²) in [6.07, 6.45) is 4.19. The van der Waals surface area contributed by atoms with E-state index in [0.717, 1.165) is 60.6 Å². The number of aliphatic hydroxyl groups is 1. The van der Waals surface area contributed by atoms with E-state index < -0.39 is 5.97 Å². The first-order chi connectivity index (χ1) is 18.4. The fraction of sp³-hybridized carbons (Fsp3) is 0.481. The number of benzene rings is 1. The maximum absolute atomic E-state index is 11.3. The number of carboxylic acid groups (broad SMARTS) is 1. The molecule has 4 aromatic rings. The standard InChI is InChI=1S/C21H22N6O3.C6H15NO/c1-30-15-4-2-3-13-9-14(25-16(13)15)17-18-19(22)23-10-24-27(18)20(26-17)11-5-7-12(8-6-11)21(28)29;1-3-7(4-2)5-6-8/h2-4,9-12,25H,5-8H2,1H3,(H,28,29)(H2,22,23,24);8H,3-6H2,1-2H3. The van der Waals surface area contributed by atoms with E-state index >= 15 is 0 Å². The van der Waals surface area contributed by atoms with Crippen molar-refractivity contribution < 1.29 is 19.7 Å². The van der Waals surface area contributed by atoms with Gasteiger partial charge in [0.1, 0.15) is 29.1 Å². The lowest BCUT2D eigenvalue weighted by atomic mass is 9.82. The Balaban J connectivity index is 0.000000368. The van der Waals surface area contributed by atoms with Gasteiger partial charge >= 0.3 is 5.97 Å². The summed E-state index contributed by atoms with van der Waals surface area (Å²) in [4.78, 5) is 26.0. The molecule has 5 N–H and O–H groups in total. The Morgan fingerprint density at radius 3 is 2.58 bits per heavy atom. The zero-order valence-electron chi connectivity index (χ0n) is 22.2. The van der Waals surface area contributed by atoms with E-state index in [1.807, 2.05) is 24.3 Å². The molecule has 1 aliphatic carbocycles. The number of aromatic amines is 1. The number of carbonyl (C=O) groups is 1. The van der Waals surface area contributed by atoms with Crippen LogP contribution in [0.5, 0.6) is 5.75 Å². The Labute approximate surface area is 221 Å². The lowest BCUT2D eigenvalue weighted by Crippen LogP contribution is -2.25. The molecule has 1 aromatic carbocycles. The molecule has 5 rings (SSSR count). The quantitative estimate of drug-likeness (QED) is 0.271. The number of para-hydroxylation sites is 1. The van der Waals surface area contributed by atoms with Gasteiger partial charge in [-0.1, -0.05) is 26.0 Å². The molecule has 1 aliphatic rings. The monoisotopic (exact) mass is 523 g/mol. The van der Waals surface area contributed by atoms with E-state index in [-0.39, 0.29) is 18.4 Å². The molecular formula is C27H37N7O4. The van der Waals surface area contributed by atoms with Crippen molar-refractivity contribution in [3.8, 4) is 17.1 Å². The van der Waals surface area contributed by atoms with E-state index in [1.165, 1.54) is 6.33 Å². The molecule has 0 aliphatic heterocycles. The largest absolute Gasteiger partial charge is 0.495 e. The number of methoxy groups -OCH3 is 1. The van der Waals surface area contributed by atoms with E-state index in [4.69, 9.17) is 20.6 Å². The molecule has 11 heteroatoms. The van der Waals surface area contributed by atoms with E-state index in [0.29, 0.717) is 29.9 Å². The van der Waals surface area contributed by atoms with E-state index in [1.54, 1.807) is 11.6 Å². The summed E-state index contributed by atoms with van der Waals surface area (Å²) in [7, 11) is 1.64. The molecule has 1 saturated carbocycles. The van der Waals surface area contributed by atoms with Gasteiger partial charge in [-0.25, -0.2) is 14.5 Å². The van der Waals surface area contributed by atoms with Crippen LogP contribution in [0.15, 0.2) is 30.6 Å². The number of imidazole rings is 1. The lowest BCUT2D eigenvalue weighted by Gasteiger charge is -2.24. The number of ether oxygens (including phenoxy) is 1. The molecule has 38 heavy (non-hydrogen) atoms. The van der Waals surface area contributed by atoms with Crippen LogP contribution in [0.4, 0.5) is 5.82 Å². The maximum atomic E-state index is 11.3. The predicted molar refractivity (Wildman–Crippen MR) is 146 cm³/mol. The van der Waals surface area contributed by atoms with Crippen molar-refractivity contribution in [2.75, 3.05) is 39.1 Å². The molecule has 1 fully saturated rings. The second kappa shape index (κ2) is 12.2. The molecule has 0 unspecified atom stereocenters. The topological polar surface area (TPSA) is 155 Å². The third-order valence-corrected chi connectivity index (χ3v) is 7.33. The van der Waals surface area contributed by atoms with Crippen LogP contribution in [0.3, 0.4) is 0 Å². The van der Waals surface area contributed by atoms with Gasteiger partial charge in [0.15, 0.2) is 5.82 Å². The highest BCUT2D eigenvalue weighted by Crippen LogP contribution is 2.39. The summed E-state index contributed by atoms with van der Waals surface area (Å²) < 4.78 is 7.22. The Bertz CT molecular complexity index is 1370. The highest BCUT2D eigenvalue weighted by Gasteiger charge is 2.31. The summed E-state index contributed by atoms with van der Waals surface area (Å²) >= 11 is 0. The van der Waals surface area contributed by atoms with Crippen LogP contribution in [0.25, 0.3) is 27.8 Å². The van der Waals surface area contributed by atoms with Crippen molar-refractivity contribution in [3.05, 3.63) is 36.4 Å². The van der Waals surface area contributed by atoms with E-state index in [9.17, 15) is 9.90 Å². The number of carboxylic acids is 1. The van der Waals surface area contributed by atoms with Crippen molar-refractivity contribution >= 4 is 28.2 Å². The number of aliphatic carboxylic acids is 1. The fourth-order valence-electron chi connectivity index (χ4n) is 5.14. The fourth-order valence-corrected chi connectivity index (χ4v) is 5.14. The Hall–Kier alpha value is -3.70. The van der Waals surface area contributed by atoms with Crippen molar-refractivity contribution in [1.29, 1.82) is 0 Å². The number of fused-ring (bicyclic) bond motifs is 2. The Morgan fingerprint density at radius 1 is 1.24 bits per heavy atom. The van der Waals surface area contributed by atoms with Crippen LogP contribution >= 0.6 is 0 Å². The molecule has 0 amide bonds. The summed E-state index contributed by atoms with van der Waals surface area (Å²) in [6, 6.07) is 7.85. The molecule has 0 radical (unpaired) electrons. The molecular weight excluding hydrogens is 486 g/mol.